The van der Waals surface area contributed by atoms with Crippen molar-refractivity contribution in [2.75, 3.05) is 39.5 Å². The van der Waals surface area contributed by atoms with Crippen molar-refractivity contribution in [2.24, 2.45) is 24.3 Å². The molecular weight excluding hydrogens is 379 g/mol. The number of aromatic nitrogens is 2. The van der Waals surface area contributed by atoms with Gasteiger partial charge in [0.15, 0.2) is 0 Å². The van der Waals surface area contributed by atoms with Crippen LogP contribution in [-0.2, 0) is 27.9 Å². The number of carbonyl (C=O) groups is 1. The van der Waals surface area contributed by atoms with Crippen molar-refractivity contribution in [1.82, 2.24) is 14.7 Å². The van der Waals surface area contributed by atoms with Crippen LogP contribution in [0, 0.1) is 17.3 Å². The summed E-state index contributed by atoms with van der Waals surface area (Å²) in [4.78, 5) is 11.4. The molecule has 3 heterocycles. The summed E-state index contributed by atoms with van der Waals surface area (Å²) in [5.74, 6) is -1.28. The molecule has 3 fully saturated rings. The van der Waals surface area contributed by atoms with Gasteiger partial charge in [-0.1, -0.05) is 0 Å². The molecule has 28 heavy (non-hydrogen) atoms. The van der Waals surface area contributed by atoms with Gasteiger partial charge < -0.3 is 14.6 Å². The number of likely N-dealkylation sites (tertiary alicyclic amines) is 1. The van der Waals surface area contributed by atoms with Gasteiger partial charge in [0.25, 0.3) is 0 Å². The first kappa shape index (κ1) is 21.1. The third-order valence-corrected chi connectivity index (χ3v) is 5.44. The molecule has 2 aliphatic heterocycles. The molecule has 158 valence electrons. The SMILES string of the molecule is Cn1cc(CN2C[C@@H]3COC[C@]3(COCC3CC3)C2)cn1.O=C(O)C(F)(F)F. The highest BCUT2D eigenvalue weighted by Gasteiger charge is 2.50. The van der Waals surface area contributed by atoms with Crippen LogP contribution in [0.15, 0.2) is 12.4 Å². The first-order chi connectivity index (χ1) is 13.2. The minimum atomic E-state index is -5.08. The molecule has 0 spiro atoms. The Bertz CT molecular complexity index is 677. The first-order valence-electron chi connectivity index (χ1n) is 9.33. The van der Waals surface area contributed by atoms with Crippen LogP contribution >= 0.6 is 0 Å². The van der Waals surface area contributed by atoms with E-state index in [9.17, 15) is 13.2 Å². The maximum absolute atomic E-state index is 10.6. The predicted molar refractivity (Wildman–Crippen MR) is 92.5 cm³/mol. The van der Waals surface area contributed by atoms with Gasteiger partial charge in [0, 0.05) is 56.4 Å². The van der Waals surface area contributed by atoms with Crippen molar-refractivity contribution in [3.63, 3.8) is 0 Å². The van der Waals surface area contributed by atoms with Gasteiger partial charge in [0.2, 0.25) is 0 Å². The Morgan fingerprint density at radius 3 is 2.75 bits per heavy atom. The summed E-state index contributed by atoms with van der Waals surface area (Å²) in [6.45, 7) is 6.81. The number of aliphatic carboxylic acids is 1. The molecule has 1 aromatic rings. The van der Waals surface area contributed by atoms with Crippen molar-refractivity contribution in [2.45, 2.75) is 25.6 Å². The minimum Gasteiger partial charge on any atom is -0.475 e. The summed E-state index contributed by atoms with van der Waals surface area (Å²) in [6.07, 6.45) is 1.72. The van der Waals surface area contributed by atoms with E-state index in [0.29, 0.717) is 5.92 Å². The number of alkyl halides is 3. The van der Waals surface area contributed by atoms with Gasteiger partial charge in [-0.05, 0) is 18.8 Å². The maximum Gasteiger partial charge on any atom is 0.490 e. The molecule has 2 atom stereocenters. The Kier molecular flexibility index (Phi) is 6.31. The summed E-state index contributed by atoms with van der Waals surface area (Å²) in [7, 11) is 1.98. The number of hydrogen-bond donors (Lipinski definition) is 1. The molecule has 1 N–H and O–H groups in total. The summed E-state index contributed by atoms with van der Waals surface area (Å²) in [5.41, 5.74) is 1.53. The van der Waals surface area contributed by atoms with Gasteiger partial charge in [0.05, 0.1) is 26.0 Å². The Labute approximate surface area is 161 Å². The fraction of sp³-hybridized carbons (Fsp3) is 0.778. The molecule has 10 heteroatoms. The molecular formula is C18H26F3N3O4. The van der Waals surface area contributed by atoms with Crippen LogP contribution in [0.25, 0.3) is 0 Å². The average Bonchev–Trinajstić information content (AvgIpc) is 3.05. The number of carboxylic acid groups (broad SMARTS) is 1. The number of rotatable bonds is 6. The number of aryl methyl sites for hydroxylation is 1. The molecule has 0 aromatic carbocycles. The highest BCUT2D eigenvalue weighted by Crippen LogP contribution is 2.42. The predicted octanol–water partition coefficient (Wildman–Crippen LogP) is 1.93. The zero-order valence-corrected chi connectivity index (χ0v) is 15.8. The molecule has 1 aromatic heterocycles. The van der Waals surface area contributed by atoms with Gasteiger partial charge in [-0.2, -0.15) is 18.3 Å². The minimum absolute atomic E-state index is 0.233. The molecule has 0 bridgehead atoms. The number of ether oxygens (including phenoxy) is 2. The standard InChI is InChI=1S/C16H25N3O2.C2HF3O2/c1-18-5-14(4-17-18)6-19-7-15-9-21-12-16(15,10-19)11-20-8-13-2-3-13;3-2(4,5)1(6)7/h4-5,13,15H,2-3,6-12H2,1H3;(H,6,7)/t15-,16-;/m1./s1. The number of carboxylic acids is 1. The fourth-order valence-corrected chi connectivity index (χ4v) is 3.79. The lowest BCUT2D eigenvalue weighted by atomic mass is 9.82. The zero-order chi connectivity index (χ0) is 20.4. The number of fused-ring (bicyclic) bond motifs is 1. The van der Waals surface area contributed by atoms with Crippen molar-refractivity contribution < 1.29 is 32.5 Å². The average molecular weight is 405 g/mol. The fourth-order valence-electron chi connectivity index (χ4n) is 3.79. The van der Waals surface area contributed by atoms with Crippen LogP contribution in [-0.4, -0.2) is 71.4 Å². The number of hydrogen-bond acceptors (Lipinski definition) is 5. The van der Waals surface area contributed by atoms with Crippen LogP contribution in [0.4, 0.5) is 13.2 Å². The number of halogens is 3. The highest BCUT2D eigenvalue weighted by molar-refractivity contribution is 5.73. The van der Waals surface area contributed by atoms with Crippen molar-refractivity contribution in [3.8, 4) is 0 Å². The topological polar surface area (TPSA) is 76.8 Å². The van der Waals surface area contributed by atoms with Crippen molar-refractivity contribution in [1.29, 1.82) is 0 Å². The quantitative estimate of drug-likeness (QED) is 0.780. The lowest BCUT2D eigenvalue weighted by Gasteiger charge is -2.27. The first-order valence-corrected chi connectivity index (χ1v) is 9.33. The number of nitrogens with zero attached hydrogens (tertiary/aromatic N) is 3. The second-order valence-electron chi connectivity index (χ2n) is 8.03. The molecule has 1 aliphatic carbocycles. The van der Waals surface area contributed by atoms with Gasteiger partial charge in [-0.25, -0.2) is 4.79 Å². The lowest BCUT2D eigenvalue weighted by molar-refractivity contribution is -0.192. The Morgan fingerprint density at radius 2 is 2.18 bits per heavy atom. The Hall–Kier alpha value is -1.65. The third kappa shape index (κ3) is 5.45. The smallest absolute Gasteiger partial charge is 0.475 e. The Balaban J connectivity index is 0.000000279. The van der Waals surface area contributed by atoms with E-state index in [1.54, 1.807) is 0 Å². The molecule has 3 aliphatic rings. The highest BCUT2D eigenvalue weighted by atomic mass is 19.4. The van der Waals surface area contributed by atoms with E-state index >= 15 is 0 Å². The monoisotopic (exact) mass is 405 g/mol. The van der Waals surface area contributed by atoms with Gasteiger partial charge >= 0.3 is 12.1 Å². The normalized spacial score (nSPS) is 27.4. The molecule has 0 amide bonds. The van der Waals surface area contributed by atoms with E-state index in [1.165, 1.54) is 18.4 Å². The van der Waals surface area contributed by atoms with Crippen LogP contribution in [0.3, 0.4) is 0 Å². The second-order valence-corrected chi connectivity index (χ2v) is 8.03. The van der Waals surface area contributed by atoms with Crippen molar-refractivity contribution in [3.05, 3.63) is 18.0 Å². The summed E-state index contributed by atoms with van der Waals surface area (Å²) in [5, 5.41) is 11.4. The molecule has 1 saturated carbocycles. The molecule has 0 unspecified atom stereocenters. The summed E-state index contributed by atoms with van der Waals surface area (Å²) >= 11 is 0. The lowest BCUT2D eigenvalue weighted by Crippen LogP contribution is -2.35. The molecule has 4 rings (SSSR count). The maximum atomic E-state index is 10.6. The molecule has 2 saturated heterocycles. The molecule has 7 nitrogen and oxygen atoms in total. The van der Waals surface area contributed by atoms with E-state index in [0.717, 1.165) is 52.0 Å². The second kappa shape index (κ2) is 8.38. The summed E-state index contributed by atoms with van der Waals surface area (Å²) in [6, 6.07) is 0. The van der Waals surface area contributed by atoms with E-state index in [-0.39, 0.29) is 5.41 Å². The van der Waals surface area contributed by atoms with Crippen molar-refractivity contribution >= 4 is 5.97 Å². The zero-order valence-electron chi connectivity index (χ0n) is 15.8. The summed E-state index contributed by atoms with van der Waals surface area (Å²) < 4.78 is 45.4. The van der Waals surface area contributed by atoms with Crippen LogP contribution in [0.1, 0.15) is 18.4 Å². The van der Waals surface area contributed by atoms with E-state index in [4.69, 9.17) is 19.4 Å². The van der Waals surface area contributed by atoms with E-state index in [2.05, 4.69) is 16.2 Å². The van der Waals surface area contributed by atoms with Gasteiger partial charge in [0.1, 0.15) is 0 Å². The van der Waals surface area contributed by atoms with Crippen LogP contribution in [0.2, 0.25) is 0 Å². The molecule has 0 radical (unpaired) electrons. The third-order valence-electron chi connectivity index (χ3n) is 5.44. The van der Waals surface area contributed by atoms with E-state index in [1.807, 2.05) is 17.9 Å². The van der Waals surface area contributed by atoms with Crippen LogP contribution in [0.5, 0.6) is 0 Å². The Morgan fingerprint density at radius 1 is 1.46 bits per heavy atom. The van der Waals surface area contributed by atoms with Gasteiger partial charge in [-0.15, -0.1) is 0 Å². The van der Waals surface area contributed by atoms with Gasteiger partial charge in [-0.3, -0.25) is 9.58 Å². The van der Waals surface area contributed by atoms with E-state index < -0.39 is 12.1 Å². The van der Waals surface area contributed by atoms with Crippen LogP contribution < -0.4 is 0 Å². The largest absolute Gasteiger partial charge is 0.490 e.